The van der Waals surface area contributed by atoms with Gasteiger partial charge in [-0.05, 0) is 71.4 Å². The van der Waals surface area contributed by atoms with Gasteiger partial charge in [0, 0.05) is 24.5 Å². The van der Waals surface area contributed by atoms with E-state index in [0.29, 0.717) is 11.5 Å². The lowest BCUT2D eigenvalue weighted by molar-refractivity contribution is 0.0955. The van der Waals surface area contributed by atoms with Crippen molar-refractivity contribution >= 4 is 15.9 Å². The third-order valence-corrected chi connectivity index (χ3v) is 8.18. The van der Waals surface area contributed by atoms with E-state index in [1.165, 1.54) is 43.2 Å². The van der Waals surface area contributed by atoms with E-state index in [2.05, 4.69) is 69.6 Å². The van der Waals surface area contributed by atoms with Gasteiger partial charge in [-0.3, -0.25) is 4.79 Å². The van der Waals surface area contributed by atoms with Gasteiger partial charge < -0.3 is 9.88 Å². The van der Waals surface area contributed by atoms with Crippen molar-refractivity contribution in [1.29, 1.82) is 0 Å². The van der Waals surface area contributed by atoms with E-state index >= 15 is 0 Å². The number of hydrogen-bond donors (Lipinski definition) is 2. The Hall–Kier alpha value is -2.12. The first-order chi connectivity index (χ1) is 16.6. The molecule has 0 saturated heterocycles. The number of carbonyl (C=O) groups excluding carboxylic acids is 1. The largest absolute Gasteiger partial charge is 0.351 e. The highest BCUT2D eigenvalue weighted by atomic mass is 32.2. The van der Waals surface area contributed by atoms with Crippen molar-refractivity contribution in [2.45, 2.75) is 97.9 Å². The summed E-state index contributed by atoms with van der Waals surface area (Å²) >= 11 is 0. The standard InChI is InChI=1S/C29H45N3O3S/c1-20-25(27(33)31-13-14-36(30,34)35)18-26(32(20)19-21-11-9-8-10-12-21)22-15-23(28(2,3)4)17-24(16-22)29(5,6)7/h15-18,21H,8-14,19H2,1-7H3,(H,31,33)(H2,30,34,35). The van der Waals surface area contributed by atoms with E-state index in [-0.39, 0.29) is 29.0 Å². The SMILES string of the molecule is Cc1c(C(=O)NCCS(N)(=O)=O)cc(-c2cc(C(C)(C)C)cc(C(C)(C)C)c2)n1CC1CCCCC1. The van der Waals surface area contributed by atoms with Crippen LogP contribution >= 0.6 is 0 Å². The van der Waals surface area contributed by atoms with Crippen molar-refractivity contribution in [2.75, 3.05) is 12.3 Å². The molecule has 1 heterocycles. The Kier molecular flexibility index (Phi) is 8.46. The highest BCUT2D eigenvalue weighted by molar-refractivity contribution is 7.89. The van der Waals surface area contributed by atoms with Crippen molar-refractivity contribution in [3.8, 4) is 11.3 Å². The Morgan fingerprint density at radius 1 is 0.972 bits per heavy atom. The predicted molar refractivity (Wildman–Crippen MR) is 149 cm³/mol. The van der Waals surface area contributed by atoms with E-state index in [1.54, 1.807) is 0 Å². The van der Waals surface area contributed by atoms with E-state index in [4.69, 9.17) is 5.14 Å². The second-order valence-electron chi connectivity index (χ2n) is 12.6. The molecular formula is C29H45N3O3S. The third kappa shape index (κ3) is 7.22. The highest BCUT2D eigenvalue weighted by Gasteiger charge is 2.25. The fraction of sp³-hybridized carbons (Fsp3) is 0.621. The number of benzene rings is 1. The summed E-state index contributed by atoms with van der Waals surface area (Å²) in [7, 11) is -3.63. The van der Waals surface area contributed by atoms with Crippen molar-refractivity contribution in [3.63, 3.8) is 0 Å². The Bertz CT molecular complexity index is 1160. The molecule has 1 aromatic carbocycles. The molecule has 1 aliphatic carbocycles. The molecule has 7 heteroatoms. The van der Waals surface area contributed by atoms with Crippen LogP contribution < -0.4 is 10.5 Å². The smallest absolute Gasteiger partial charge is 0.253 e. The van der Waals surface area contributed by atoms with Crippen molar-refractivity contribution in [3.05, 3.63) is 46.6 Å². The molecule has 0 bridgehead atoms. The van der Waals surface area contributed by atoms with Crippen LogP contribution in [0.3, 0.4) is 0 Å². The molecule has 0 spiro atoms. The van der Waals surface area contributed by atoms with Gasteiger partial charge in [0.15, 0.2) is 0 Å². The first-order valence-corrected chi connectivity index (χ1v) is 14.9. The molecule has 1 fully saturated rings. The molecule has 0 aliphatic heterocycles. The molecule has 3 rings (SSSR count). The van der Waals surface area contributed by atoms with E-state index < -0.39 is 10.0 Å². The zero-order chi connectivity index (χ0) is 26.9. The predicted octanol–water partition coefficient (Wildman–Crippen LogP) is 5.66. The van der Waals surface area contributed by atoms with E-state index in [1.807, 2.05) is 13.0 Å². The molecular weight excluding hydrogens is 470 g/mol. The Morgan fingerprint density at radius 3 is 2.03 bits per heavy atom. The van der Waals surface area contributed by atoms with Crippen LogP contribution in [0.5, 0.6) is 0 Å². The minimum Gasteiger partial charge on any atom is -0.351 e. The van der Waals surface area contributed by atoms with Gasteiger partial charge in [-0.1, -0.05) is 66.9 Å². The molecule has 3 N–H and O–H groups in total. The quantitative estimate of drug-likeness (QED) is 0.498. The Balaban J connectivity index is 2.11. The number of carbonyl (C=O) groups is 1. The van der Waals surface area contributed by atoms with Crippen LogP contribution in [0.15, 0.2) is 24.3 Å². The maximum absolute atomic E-state index is 13.1. The molecule has 1 aliphatic rings. The minimum atomic E-state index is -3.63. The number of rotatable bonds is 7. The zero-order valence-corrected chi connectivity index (χ0v) is 24.0. The summed E-state index contributed by atoms with van der Waals surface area (Å²) in [5.41, 5.74) is 6.19. The van der Waals surface area contributed by atoms with E-state index in [9.17, 15) is 13.2 Å². The first-order valence-electron chi connectivity index (χ1n) is 13.2. The van der Waals surface area contributed by atoms with Gasteiger partial charge in [0.05, 0.1) is 11.3 Å². The van der Waals surface area contributed by atoms with Gasteiger partial charge in [0.1, 0.15) is 0 Å². The lowest BCUT2D eigenvalue weighted by Gasteiger charge is -2.27. The Labute approximate surface area is 218 Å². The average Bonchev–Trinajstić information content (AvgIpc) is 3.08. The third-order valence-electron chi connectivity index (χ3n) is 7.41. The van der Waals surface area contributed by atoms with E-state index in [0.717, 1.165) is 23.5 Å². The molecule has 0 unspecified atom stereocenters. The Morgan fingerprint density at radius 2 is 1.53 bits per heavy atom. The summed E-state index contributed by atoms with van der Waals surface area (Å²) < 4.78 is 25.0. The molecule has 200 valence electrons. The lowest BCUT2D eigenvalue weighted by Crippen LogP contribution is -2.31. The molecule has 1 saturated carbocycles. The topological polar surface area (TPSA) is 94.2 Å². The molecule has 2 aromatic rings. The van der Waals surface area contributed by atoms with Gasteiger partial charge in [-0.15, -0.1) is 0 Å². The second kappa shape index (κ2) is 10.7. The van der Waals surface area contributed by atoms with Gasteiger partial charge in [-0.25, -0.2) is 13.6 Å². The first kappa shape index (κ1) is 28.5. The summed E-state index contributed by atoms with van der Waals surface area (Å²) in [6.45, 7) is 16.3. The maximum Gasteiger partial charge on any atom is 0.253 e. The summed E-state index contributed by atoms with van der Waals surface area (Å²) in [5.74, 6) is 0.0494. The monoisotopic (exact) mass is 515 g/mol. The fourth-order valence-corrected chi connectivity index (χ4v) is 5.41. The summed E-state index contributed by atoms with van der Waals surface area (Å²) in [5, 5.41) is 7.87. The minimum absolute atomic E-state index is 0.00603. The number of nitrogens with two attached hydrogens (primary N) is 1. The van der Waals surface area contributed by atoms with Crippen LogP contribution in [-0.2, 0) is 27.4 Å². The molecule has 0 atom stereocenters. The average molecular weight is 516 g/mol. The van der Waals surface area contributed by atoms with Crippen molar-refractivity contribution < 1.29 is 13.2 Å². The molecule has 6 nitrogen and oxygen atoms in total. The van der Waals surface area contributed by atoms with Gasteiger partial charge >= 0.3 is 0 Å². The fourth-order valence-electron chi connectivity index (χ4n) is 5.02. The number of nitrogens with zero attached hydrogens (tertiary/aromatic N) is 1. The second-order valence-corrected chi connectivity index (χ2v) is 14.3. The highest BCUT2D eigenvalue weighted by Crippen LogP contribution is 2.36. The summed E-state index contributed by atoms with van der Waals surface area (Å²) in [6.07, 6.45) is 6.24. The molecule has 1 amide bonds. The molecule has 36 heavy (non-hydrogen) atoms. The molecule has 1 aromatic heterocycles. The molecule has 0 radical (unpaired) electrons. The van der Waals surface area contributed by atoms with Crippen molar-refractivity contribution in [1.82, 2.24) is 9.88 Å². The maximum atomic E-state index is 13.1. The number of nitrogens with one attached hydrogen (secondary N) is 1. The summed E-state index contributed by atoms with van der Waals surface area (Å²) in [6, 6.07) is 8.83. The van der Waals surface area contributed by atoms with Crippen LogP contribution in [0.2, 0.25) is 0 Å². The van der Waals surface area contributed by atoms with Gasteiger partial charge in [0.25, 0.3) is 5.91 Å². The van der Waals surface area contributed by atoms with Gasteiger partial charge in [0.2, 0.25) is 10.0 Å². The van der Waals surface area contributed by atoms with Crippen LogP contribution in [-0.4, -0.2) is 31.2 Å². The van der Waals surface area contributed by atoms with Crippen LogP contribution in [0.1, 0.15) is 101 Å². The number of amides is 1. The van der Waals surface area contributed by atoms with Crippen LogP contribution in [0, 0.1) is 12.8 Å². The number of hydrogen-bond acceptors (Lipinski definition) is 3. The van der Waals surface area contributed by atoms with Crippen molar-refractivity contribution in [2.24, 2.45) is 11.1 Å². The zero-order valence-electron chi connectivity index (χ0n) is 23.2. The van der Waals surface area contributed by atoms with Crippen LogP contribution in [0.4, 0.5) is 0 Å². The lowest BCUT2D eigenvalue weighted by atomic mass is 9.79. The number of aromatic nitrogens is 1. The normalized spacial score (nSPS) is 15.8. The van der Waals surface area contributed by atoms with Gasteiger partial charge in [-0.2, -0.15) is 0 Å². The number of primary sulfonamides is 1. The summed E-state index contributed by atoms with van der Waals surface area (Å²) in [4.78, 5) is 13.1. The number of sulfonamides is 1. The van der Waals surface area contributed by atoms with Crippen LogP contribution in [0.25, 0.3) is 11.3 Å².